The van der Waals surface area contributed by atoms with Gasteiger partial charge in [-0.15, -0.1) is 0 Å². The zero-order valence-electron chi connectivity index (χ0n) is 17.3. The number of carbonyl (C=O) groups excluding carboxylic acids is 1. The van der Waals surface area contributed by atoms with Gasteiger partial charge in [-0.2, -0.15) is 0 Å². The molecule has 29 heavy (non-hydrogen) atoms. The standard InChI is InChI=1S/C23H31N5O/c1-26-11-7-20(8-12-26)23(29)28-14-13-27(22-5-3-2-4-6-22)17-19(18-28)15-21-16-24-9-10-25-21/h2-6,9-10,16,19-20H,7-8,11-15,17-18H2,1H3. The van der Waals surface area contributed by atoms with Gasteiger partial charge in [0.1, 0.15) is 0 Å². The fourth-order valence-electron chi connectivity index (χ4n) is 4.55. The predicted octanol–water partition coefficient (Wildman–Crippen LogP) is 2.33. The van der Waals surface area contributed by atoms with Crippen molar-refractivity contribution in [2.45, 2.75) is 19.3 Å². The molecule has 0 spiro atoms. The lowest BCUT2D eigenvalue weighted by Crippen LogP contribution is -2.44. The molecule has 2 saturated heterocycles. The first-order chi connectivity index (χ1) is 14.2. The number of anilines is 1. The zero-order chi connectivity index (χ0) is 20.1. The van der Waals surface area contributed by atoms with Crippen LogP contribution in [0.15, 0.2) is 48.9 Å². The molecule has 1 amide bonds. The van der Waals surface area contributed by atoms with Crippen LogP contribution >= 0.6 is 0 Å². The Morgan fingerprint density at radius 1 is 1.03 bits per heavy atom. The van der Waals surface area contributed by atoms with Gasteiger partial charge in [-0.3, -0.25) is 14.8 Å². The molecule has 2 aromatic rings. The molecule has 1 unspecified atom stereocenters. The Hall–Kier alpha value is -2.47. The van der Waals surface area contributed by atoms with Gasteiger partial charge >= 0.3 is 0 Å². The lowest BCUT2D eigenvalue weighted by molar-refractivity contribution is -0.137. The zero-order valence-corrected chi connectivity index (χ0v) is 17.3. The molecule has 1 aromatic carbocycles. The van der Waals surface area contributed by atoms with Crippen LogP contribution in [0.3, 0.4) is 0 Å². The fourth-order valence-corrected chi connectivity index (χ4v) is 4.55. The summed E-state index contributed by atoms with van der Waals surface area (Å²) in [6.07, 6.45) is 8.10. The van der Waals surface area contributed by atoms with E-state index in [-0.39, 0.29) is 5.92 Å². The summed E-state index contributed by atoms with van der Waals surface area (Å²) in [7, 11) is 2.14. The highest BCUT2D eigenvalue weighted by Gasteiger charge is 2.31. The molecule has 6 nitrogen and oxygen atoms in total. The van der Waals surface area contributed by atoms with Crippen LogP contribution < -0.4 is 4.90 Å². The summed E-state index contributed by atoms with van der Waals surface area (Å²) in [5, 5.41) is 0. The molecular weight excluding hydrogens is 362 g/mol. The van der Waals surface area contributed by atoms with Crippen LogP contribution in [0.2, 0.25) is 0 Å². The molecule has 0 bridgehead atoms. The second-order valence-electron chi connectivity index (χ2n) is 8.41. The number of benzene rings is 1. The van der Waals surface area contributed by atoms with E-state index in [1.54, 1.807) is 12.4 Å². The topological polar surface area (TPSA) is 52.6 Å². The molecule has 6 heteroatoms. The third-order valence-electron chi connectivity index (χ3n) is 6.21. The minimum absolute atomic E-state index is 0.173. The normalized spacial score (nSPS) is 21.8. The smallest absolute Gasteiger partial charge is 0.225 e. The molecule has 0 saturated carbocycles. The van der Waals surface area contributed by atoms with E-state index in [1.165, 1.54) is 5.69 Å². The van der Waals surface area contributed by atoms with Crippen molar-refractivity contribution in [3.8, 4) is 0 Å². The number of rotatable bonds is 4. The molecule has 2 aliphatic heterocycles. The van der Waals surface area contributed by atoms with Crippen LogP contribution in [0.5, 0.6) is 0 Å². The Morgan fingerprint density at radius 2 is 1.83 bits per heavy atom. The number of hydrogen-bond acceptors (Lipinski definition) is 5. The van der Waals surface area contributed by atoms with Gasteiger partial charge in [-0.05, 0) is 57.5 Å². The van der Waals surface area contributed by atoms with Crippen LogP contribution in [-0.4, -0.2) is 72.0 Å². The van der Waals surface area contributed by atoms with E-state index in [9.17, 15) is 4.79 Å². The summed E-state index contributed by atoms with van der Waals surface area (Å²) in [5.74, 6) is 0.855. The number of hydrogen-bond donors (Lipinski definition) is 0. The summed E-state index contributed by atoms with van der Waals surface area (Å²) >= 11 is 0. The SMILES string of the molecule is CN1CCC(C(=O)N2CCN(c3ccccc3)CC(Cc3cnccn3)C2)CC1. The Balaban J connectivity index is 1.50. The van der Waals surface area contributed by atoms with Crippen LogP contribution in [0.4, 0.5) is 5.69 Å². The number of para-hydroxylation sites is 1. The third kappa shape index (κ3) is 5.12. The summed E-state index contributed by atoms with van der Waals surface area (Å²) in [5.41, 5.74) is 2.23. The predicted molar refractivity (Wildman–Crippen MR) is 115 cm³/mol. The highest BCUT2D eigenvalue weighted by atomic mass is 16.2. The number of nitrogens with zero attached hydrogens (tertiary/aromatic N) is 5. The molecule has 4 rings (SSSR count). The molecule has 1 aromatic heterocycles. The minimum atomic E-state index is 0.173. The van der Waals surface area contributed by atoms with Crippen LogP contribution in [0.25, 0.3) is 0 Å². The van der Waals surface area contributed by atoms with Gasteiger partial charge in [-0.1, -0.05) is 18.2 Å². The second-order valence-corrected chi connectivity index (χ2v) is 8.41. The Morgan fingerprint density at radius 3 is 2.55 bits per heavy atom. The van der Waals surface area contributed by atoms with Crippen molar-refractivity contribution in [3.05, 3.63) is 54.6 Å². The van der Waals surface area contributed by atoms with E-state index in [0.717, 1.165) is 64.2 Å². The molecule has 0 aliphatic carbocycles. The third-order valence-corrected chi connectivity index (χ3v) is 6.21. The first-order valence-corrected chi connectivity index (χ1v) is 10.7. The number of carbonyl (C=O) groups is 1. The lowest BCUT2D eigenvalue weighted by atomic mass is 9.94. The van der Waals surface area contributed by atoms with E-state index in [2.05, 4.69) is 56.0 Å². The van der Waals surface area contributed by atoms with Gasteiger partial charge < -0.3 is 14.7 Å². The summed E-state index contributed by atoms with van der Waals surface area (Å²) in [4.78, 5) is 28.9. The van der Waals surface area contributed by atoms with E-state index < -0.39 is 0 Å². The first-order valence-electron chi connectivity index (χ1n) is 10.7. The lowest BCUT2D eigenvalue weighted by Gasteiger charge is -2.32. The number of aromatic nitrogens is 2. The fraction of sp³-hybridized carbons (Fsp3) is 0.522. The van der Waals surface area contributed by atoms with Crippen LogP contribution in [0, 0.1) is 11.8 Å². The summed E-state index contributed by atoms with van der Waals surface area (Å²) in [6, 6.07) is 10.5. The number of piperidine rings is 1. The Labute approximate surface area is 173 Å². The van der Waals surface area contributed by atoms with Crippen LogP contribution in [-0.2, 0) is 11.2 Å². The first kappa shape index (κ1) is 19.8. The molecule has 154 valence electrons. The molecule has 1 atom stereocenters. The van der Waals surface area contributed by atoms with Crippen molar-refractivity contribution in [2.75, 3.05) is 51.2 Å². The highest BCUT2D eigenvalue weighted by molar-refractivity contribution is 5.79. The highest BCUT2D eigenvalue weighted by Crippen LogP contribution is 2.24. The second kappa shape index (κ2) is 9.35. The molecule has 2 fully saturated rings. The largest absolute Gasteiger partial charge is 0.369 e. The summed E-state index contributed by atoms with van der Waals surface area (Å²) < 4.78 is 0. The molecule has 3 heterocycles. The minimum Gasteiger partial charge on any atom is -0.369 e. The quantitative estimate of drug-likeness (QED) is 0.798. The van der Waals surface area contributed by atoms with E-state index in [0.29, 0.717) is 11.8 Å². The van der Waals surface area contributed by atoms with Gasteiger partial charge in [0.25, 0.3) is 0 Å². The average Bonchev–Trinajstić information content (AvgIpc) is 2.98. The molecule has 0 N–H and O–H groups in total. The molecule has 2 aliphatic rings. The van der Waals surface area contributed by atoms with Crippen molar-refractivity contribution >= 4 is 11.6 Å². The maximum Gasteiger partial charge on any atom is 0.225 e. The van der Waals surface area contributed by atoms with Crippen molar-refractivity contribution in [1.29, 1.82) is 0 Å². The van der Waals surface area contributed by atoms with Crippen molar-refractivity contribution in [3.63, 3.8) is 0 Å². The van der Waals surface area contributed by atoms with Gasteiger partial charge in [0.15, 0.2) is 0 Å². The van der Waals surface area contributed by atoms with Gasteiger partial charge in [-0.25, -0.2) is 0 Å². The summed E-state index contributed by atoms with van der Waals surface area (Å²) in [6.45, 7) is 5.42. The van der Waals surface area contributed by atoms with E-state index in [4.69, 9.17) is 0 Å². The molecular formula is C23H31N5O. The monoisotopic (exact) mass is 393 g/mol. The maximum atomic E-state index is 13.3. The Kier molecular flexibility index (Phi) is 6.39. The van der Waals surface area contributed by atoms with Gasteiger partial charge in [0.05, 0.1) is 5.69 Å². The maximum absolute atomic E-state index is 13.3. The Bertz CT molecular complexity index is 776. The van der Waals surface area contributed by atoms with Gasteiger partial charge in [0, 0.05) is 56.4 Å². The van der Waals surface area contributed by atoms with Crippen molar-refractivity contribution in [1.82, 2.24) is 19.8 Å². The number of likely N-dealkylation sites (tertiary alicyclic amines) is 1. The molecule has 0 radical (unpaired) electrons. The van der Waals surface area contributed by atoms with Gasteiger partial charge in [0.2, 0.25) is 5.91 Å². The van der Waals surface area contributed by atoms with Crippen molar-refractivity contribution in [2.24, 2.45) is 11.8 Å². The average molecular weight is 394 g/mol. The van der Waals surface area contributed by atoms with E-state index >= 15 is 0 Å². The van der Waals surface area contributed by atoms with Crippen molar-refractivity contribution < 1.29 is 4.79 Å². The van der Waals surface area contributed by atoms with E-state index in [1.807, 2.05) is 12.3 Å². The van der Waals surface area contributed by atoms with Crippen LogP contribution in [0.1, 0.15) is 18.5 Å². The number of amides is 1.